The van der Waals surface area contributed by atoms with Gasteiger partial charge in [0.2, 0.25) is 0 Å². The predicted octanol–water partition coefficient (Wildman–Crippen LogP) is 6.78. The Morgan fingerprint density at radius 1 is 0.756 bits per heavy atom. The zero-order chi connectivity index (χ0) is 28.1. The lowest BCUT2D eigenvalue weighted by Gasteiger charge is -2.59. The Bertz CT molecular complexity index is 1220. The summed E-state index contributed by atoms with van der Waals surface area (Å²) in [6.07, 6.45) is 2.56. The van der Waals surface area contributed by atoms with Crippen molar-refractivity contribution in [2.45, 2.75) is 94.7 Å². The van der Waals surface area contributed by atoms with Gasteiger partial charge in [-0.3, -0.25) is 0 Å². The van der Waals surface area contributed by atoms with Crippen LogP contribution in [-0.4, -0.2) is 48.8 Å². The quantitative estimate of drug-likeness (QED) is 0.256. The number of benzene rings is 3. The molecule has 0 N–H and O–H groups in total. The van der Waals surface area contributed by atoms with Crippen LogP contribution in [0.2, 0.25) is 0 Å². The largest absolute Gasteiger partial charge is 0.377 e. The molecule has 3 fully saturated rings. The molecule has 0 radical (unpaired) electrons. The Kier molecular flexibility index (Phi) is 8.87. The molecule has 3 aliphatic heterocycles. The third-order valence-electron chi connectivity index (χ3n) is 8.78. The van der Waals surface area contributed by atoms with Crippen LogP contribution in [0, 0.1) is 0 Å². The van der Waals surface area contributed by atoms with E-state index in [4.69, 9.17) is 28.4 Å². The molecule has 6 nitrogen and oxygen atoms in total. The number of hydrogen-bond donors (Lipinski definition) is 0. The molecule has 3 aliphatic rings. The van der Waals surface area contributed by atoms with Gasteiger partial charge >= 0.3 is 0 Å². The Morgan fingerprint density at radius 3 is 2.12 bits per heavy atom. The van der Waals surface area contributed by atoms with Gasteiger partial charge in [0.25, 0.3) is 0 Å². The molecule has 0 unspecified atom stereocenters. The van der Waals surface area contributed by atoms with Crippen molar-refractivity contribution in [2.24, 2.45) is 0 Å². The highest BCUT2D eigenvalue weighted by atomic mass is 16.7. The molecule has 0 aliphatic carbocycles. The third kappa shape index (κ3) is 6.59. The monoisotopic (exact) mass is 558 g/mol. The van der Waals surface area contributed by atoms with Crippen molar-refractivity contribution >= 4 is 0 Å². The van der Waals surface area contributed by atoms with Crippen molar-refractivity contribution in [3.05, 3.63) is 108 Å². The molecular formula is C35H42O6. The summed E-state index contributed by atoms with van der Waals surface area (Å²) >= 11 is 0. The van der Waals surface area contributed by atoms with E-state index in [9.17, 15) is 0 Å². The van der Waals surface area contributed by atoms with E-state index in [-0.39, 0.29) is 24.4 Å². The van der Waals surface area contributed by atoms with Crippen LogP contribution in [0.4, 0.5) is 0 Å². The van der Waals surface area contributed by atoms with Crippen molar-refractivity contribution in [1.29, 1.82) is 0 Å². The van der Waals surface area contributed by atoms with E-state index in [1.807, 2.05) is 66.7 Å². The topological polar surface area (TPSA) is 55.4 Å². The first-order chi connectivity index (χ1) is 20.0. The lowest BCUT2D eigenvalue weighted by Crippen LogP contribution is -2.71. The predicted molar refractivity (Wildman–Crippen MR) is 156 cm³/mol. The Hall–Kier alpha value is -2.58. The Morgan fingerprint density at radius 2 is 1.41 bits per heavy atom. The van der Waals surface area contributed by atoms with Gasteiger partial charge in [-0.2, -0.15) is 0 Å². The average molecular weight is 559 g/mol. The summed E-state index contributed by atoms with van der Waals surface area (Å²) < 4.78 is 39.1. The van der Waals surface area contributed by atoms with Crippen LogP contribution in [0.25, 0.3) is 0 Å². The van der Waals surface area contributed by atoms with Crippen molar-refractivity contribution in [1.82, 2.24) is 0 Å². The first kappa shape index (κ1) is 28.5. The fourth-order valence-corrected chi connectivity index (χ4v) is 6.44. The minimum Gasteiger partial charge on any atom is -0.377 e. The average Bonchev–Trinajstić information content (AvgIpc) is 3.00. The van der Waals surface area contributed by atoms with Gasteiger partial charge in [0, 0.05) is 25.0 Å². The summed E-state index contributed by atoms with van der Waals surface area (Å²) in [5.41, 5.74) is 2.16. The lowest BCUT2D eigenvalue weighted by molar-refractivity contribution is -0.387. The zero-order valence-electron chi connectivity index (χ0n) is 24.2. The van der Waals surface area contributed by atoms with Gasteiger partial charge in [0.1, 0.15) is 11.2 Å². The standard InChI is InChI=1S/C35H42O6/c1-34-25-38-33(28-17-10-5-11-18-28)40-30(34)22-32-35(2,41-34)31(37-24-27-15-8-4-9-16-27)21-29(39-32)19-12-20-36-23-26-13-6-3-7-14-26/h3-11,13-18,29-33H,12,19-25H2,1-2H3/t29-,30-,31-,32+,33+,34+,35-/m0/s1. The molecule has 41 heavy (non-hydrogen) atoms. The molecule has 218 valence electrons. The molecule has 0 amide bonds. The van der Waals surface area contributed by atoms with Gasteiger partial charge in [-0.1, -0.05) is 91.0 Å². The van der Waals surface area contributed by atoms with Crippen molar-refractivity contribution in [2.75, 3.05) is 13.2 Å². The molecule has 3 saturated heterocycles. The highest BCUT2D eigenvalue weighted by Gasteiger charge is 2.61. The highest BCUT2D eigenvalue weighted by Crippen LogP contribution is 2.49. The minimum atomic E-state index is -0.618. The minimum absolute atomic E-state index is 0.0619. The van der Waals surface area contributed by atoms with Crippen LogP contribution in [0.5, 0.6) is 0 Å². The summed E-state index contributed by atoms with van der Waals surface area (Å²) in [6.45, 7) is 6.57. The second-order valence-corrected chi connectivity index (χ2v) is 12.0. The molecule has 3 aromatic rings. The molecule has 6 rings (SSSR count). The molecule has 0 saturated carbocycles. The fraction of sp³-hybridized carbons (Fsp3) is 0.486. The van der Waals surface area contributed by atoms with E-state index in [1.54, 1.807) is 0 Å². The molecule has 3 heterocycles. The maximum absolute atomic E-state index is 6.97. The maximum atomic E-state index is 6.97. The van der Waals surface area contributed by atoms with E-state index < -0.39 is 17.5 Å². The first-order valence-electron chi connectivity index (χ1n) is 15.0. The van der Waals surface area contributed by atoms with E-state index in [2.05, 4.69) is 38.1 Å². The third-order valence-corrected chi connectivity index (χ3v) is 8.78. The number of ether oxygens (including phenoxy) is 6. The fourth-order valence-electron chi connectivity index (χ4n) is 6.44. The zero-order valence-corrected chi connectivity index (χ0v) is 24.2. The smallest absolute Gasteiger partial charge is 0.184 e. The van der Waals surface area contributed by atoms with Crippen molar-refractivity contribution in [3.63, 3.8) is 0 Å². The Labute approximate surface area is 243 Å². The van der Waals surface area contributed by atoms with Crippen LogP contribution in [0.1, 0.15) is 62.5 Å². The summed E-state index contributed by atoms with van der Waals surface area (Å²) in [7, 11) is 0. The van der Waals surface area contributed by atoms with Crippen LogP contribution in [-0.2, 0) is 41.6 Å². The number of rotatable bonds is 10. The van der Waals surface area contributed by atoms with Crippen LogP contribution in [0.3, 0.4) is 0 Å². The van der Waals surface area contributed by atoms with Crippen LogP contribution >= 0.6 is 0 Å². The first-order valence-corrected chi connectivity index (χ1v) is 15.0. The Balaban J connectivity index is 1.13. The number of fused-ring (bicyclic) bond motifs is 2. The highest BCUT2D eigenvalue weighted by molar-refractivity contribution is 5.18. The van der Waals surface area contributed by atoms with Gasteiger partial charge < -0.3 is 28.4 Å². The molecule has 7 atom stereocenters. The molecule has 0 spiro atoms. The van der Waals surface area contributed by atoms with Gasteiger partial charge in [-0.05, 0) is 37.8 Å². The molecule has 0 aromatic heterocycles. The van der Waals surface area contributed by atoms with Crippen LogP contribution < -0.4 is 0 Å². The maximum Gasteiger partial charge on any atom is 0.184 e. The van der Waals surface area contributed by atoms with Crippen molar-refractivity contribution < 1.29 is 28.4 Å². The van der Waals surface area contributed by atoms with Crippen LogP contribution in [0.15, 0.2) is 91.0 Å². The summed E-state index contributed by atoms with van der Waals surface area (Å²) in [4.78, 5) is 0. The van der Waals surface area contributed by atoms with Gasteiger partial charge in [0.05, 0.1) is 44.2 Å². The second-order valence-electron chi connectivity index (χ2n) is 12.0. The van der Waals surface area contributed by atoms with Gasteiger partial charge in [0.15, 0.2) is 6.29 Å². The van der Waals surface area contributed by atoms with E-state index in [1.165, 1.54) is 5.56 Å². The van der Waals surface area contributed by atoms with Gasteiger partial charge in [-0.15, -0.1) is 0 Å². The SMILES string of the molecule is C[C@@]12O[C@]3(C)CO[C@@H](c4ccccc4)O[C@H]3C[C@H]1O[C@@H](CCCOCc1ccccc1)C[C@@H]2OCc1ccccc1. The van der Waals surface area contributed by atoms with E-state index in [0.717, 1.165) is 36.8 Å². The normalized spacial score (nSPS) is 33.1. The molecule has 0 bridgehead atoms. The summed E-state index contributed by atoms with van der Waals surface area (Å²) in [5.74, 6) is 0. The van der Waals surface area contributed by atoms with E-state index in [0.29, 0.717) is 26.4 Å². The molecular weight excluding hydrogens is 516 g/mol. The molecule has 3 aromatic carbocycles. The summed E-state index contributed by atoms with van der Waals surface area (Å²) in [6, 6.07) is 30.8. The second kappa shape index (κ2) is 12.7. The van der Waals surface area contributed by atoms with Crippen molar-refractivity contribution in [3.8, 4) is 0 Å². The van der Waals surface area contributed by atoms with Gasteiger partial charge in [-0.25, -0.2) is 0 Å². The summed E-state index contributed by atoms with van der Waals surface area (Å²) in [5, 5.41) is 0. The molecule has 6 heteroatoms. The number of hydrogen-bond acceptors (Lipinski definition) is 6. The lowest BCUT2D eigenvalue weighted by atomic mass is 9.75. The van der Waals surface area contributed by atoms with E-state index >= 15 is 0 Å².